The quantitative estimate of drug-likeness (QED) is 0.171. The molecule has 43 heavy (non-hydrogen) atoms. The maximum absolute atomic E-state index is 13.1. The van der Waals surface area contributed by atoms with Crippen LogP contribution in [0.2, 0.25) is 0 Å². The number of esters is 2. The topological polar surface area (TPSA) is 126 Å². The Balaban J connectivity index is 0.00000423. The Labute approximate surface area is 256 Å². The molecule has 0 saturated carbocycles. The van der Waals surface area contributed by atoms with Crippen LogP contribution < -0.4 is 16.0 Å². The van der Waals surface area contributed by atoms with Crippen LogP contribution in [0.1, 0.15) is 28.8 Å². The molecule has 0 radical (unpaired) electrons. The first-order valence-electron chi connectivity index (χ1n) is 12.7. The maximum atomic E-state index is 13.1. The molecule has 3 heterocycles. The number of thiophene rings is 1. The highest BCUT2D eigenvalue weighted by atomic mass is 35.5. The van der Waals surface area contributed by atoms with Gasteiger partial charge in [0.05, 0.1) is 46.4 Å². The highest BCUT2D eigenvalue weighted by Crippen LogP contribution is 2.33. The second-order valence-corrected chi connectivity index (χ2v) is 11.1. The van der Waals surface area contributed by atoms with Crippen molar-refractivity contribution in [1.82, 2.24) is 14.8 Å². The van der Waals surface area contributed by atoms with E-state index in [4.69, 9.17) is 15.2 Å². The molecule has 5 rings (SSSR count). The number of benzene rings is 2. The summed E-state index contributed by atoms with van der Waals surface area (Å²) in [4.78, 5) is 42.0. The number of fused-ring (bicyclic) bond motifs is 2. The Morgan fingerprint density at radius 3 is 2.51 bits per heavy atom. The molecule has 5 aromatic rings. The van der Waals surface area contributed by atoms with E-state index >= 15 is 0 Å². The normalized spacial score (nSPS) is 12.2. The van der Waals surface area contributed by atoms with Crippen LogP contribution in [-0.4, -0.2) is 39.4 Å². The summed E-state index contributed by atoms with van der Waals surface area (Å²) in [5.74, 6) is -0.841. The van der Waals surface area contributed by atoms with Crippen molar-refractivity contribution in [3.05, 3.63) is 85.4 Å². The molecule has 0 bridgehead atoms. The van der Waals surface area contributed by atoms with Crippen LogP contribution in [0, 0.1) is 0 Å². The Morgan fingerprint density at radius 2 is 1.81 bits per heavy atom. The number of alkyl halides is 3. The third-order valence-corrected chi connectivity index (χ3v) is 8.00. The van der Waals surface area contributed by atoms with E-state index in [1.807, 2.05) is 0 Å². The molecule has 1 unspecified atom stereocenters. The van der Waals surface area contributed by atoms with Gasteiger partial charge in [-0.05, 0) is 49.2 Å². The predicted octanol–water partition coefficient (Wildman–Crippen LogP) is 5.14. The molecule has 0 aliphatic carbocycles. The van der Waals surface area contributed by atoms with Gasteiger partial charge in [-0.2, -0.15) is 29.6 Å². The van der Waals surface area contributed by atoms with Crippen LogP contribution in [0.3, 0.4) is 0 Å². The van der Waals surface area contributed by atoms with Gasteiger partial charge in [0.25, 0.3) is 5.56 Å². The standard InChI is InChI=1S/C28H23F3N4O5S2.ClH/c1-2-39-27(38)20(32)9-15-3-6-17(7-4-15)40-25(36)11-21-18-13-41-14-19(18)26(37)35(34-21)12-24-33-22-10-16(28(29,30)31)5-8-23(22)42-24;/h3-8,10,13-14,20H,2,9,11-12,32H2,1H3;1H. The number of carbonyl (C=O) groups excluding carboxylic acids is 2. The summed E-state index contributed by atoms with van der Waals surface area (Å²) in [6.07, 6.45) is -4.48. The van der Waals surface area contributed by atoms with E-state index in [2.05, 4.69) is 10.1 Å². The van der Waals surface area contributed by atoms with Crippen LogP contribution in [0.15, 0.2) is 58.0 Å². The summed E-state index contributed by atoms with van der Waals surface area (Å²) in [5.41, 5.74) is 5.88. The Kier molecular flexibility index (Phi) is 9.85. The maximum Gasteiger partial charge on any atom is 0.416 e. The molecular weight excluding hydrogens is 629 g/mol. The zero-order valence-electron chi connectivity index (χ0n) is 22.4. The van der Waals surface area contributed by atoms with Crippen molar-refractivity contribution < 1.29 is 32.2 Å². The highest BCUT2D eigenvalue weighted by molar-refractivity contribution is 7.18. The molecule has 9 nitrogen and oxygen atoms in total. The van der Waals surface area contributed by atoms with Gasteiger partial charge in [0, 0.05) is 16.1 Å². The van der Waals surface area contributed by atoms with E-state index < -0.39 is 35.3 Å². The fraction of sp³-hybridized carbons (Fsp3) is 0.250. The predicted molar refractivity (Wildman–Crippen MR) is 159 cm³/mol. The second kappa shape index (κ2) is 13.2. The molecule has 15 heteroatoms. The minimum atomic E-state index is -4.50. The summed E-state index contributed by atoms with van der Waals surface area (Å²) in [5, 5.41) is 9.03. The molecule has 2 aromatic carbocycles. The monoisotopic (exact) mass is 652 g/mol. The molecule has 3 aromatic heterocycles. The molecular formula is C28H24ClF3N4O5S2. The van der Waals surface area contributed by atoms with Gasteiger partial charge in [0.15, 0.2) is 0 Å². The third kappa shape index (κ3) is 7.39. The number of thiazole rings is 1. The molecule has 0 saturated heterocycles. The van der Waals surface area contributed by atoms with Crippen molar-refractivity contribution in [3.8, 4) is 5.75 Å². The molecule has 226 valence electrons. The van der Waals surface area contributed by atoms with E-state index in [-0.39, 0.29) is 49.7 Å². The number of nitrogens with two attached hydrogens (primary N) is 1. The van der Waals surface area contributed by atoms with Crippen molar-refractivity contribution >= 4 is 68.0 Å². The van der Waals surface area contributed by atoms with E-state index in [1.54, 1.807) is 41.9 Å². The van der Waals surface area contributed by atoms with Gasteiger partial charge < -0.3 is 15.2 Å². The third-order valence-electron chi connectivity index (χ3n) is 6.24. The van der Waals surface area contributed by atoms with Crippen molar-refractivity contribution in [2.24, 2.45) is 5.73 Å². The zero-order chi connectivity index (χ0) is 30.0. The van der Waals surface area contributed by atoms with Gasteiger partial charge in [-0.25, -0.2) is 9.67 Å². The first-order chi connectivity index (χ1) is 20.0. The largest absolute Gasteiger partial charge is 0.465 e. The lowest BCUT2D eigenvalue weighted by Crippen LogP contribution is -2.34. The summed E-state index contributed by atoms with van der Waals surface area (Å²) >= 11 is 2.44. The van der Waals surface area contributed by atoms with Crippen LogP contribution in [-0.2, 0) is 39.9 Å². The lowest BCUT2D eigenvalue weighted by Gasteiger charge is -2.11. The first-order valence-corrected chi connectivity index (χ1v) is 14.4. The number of halogens is 4. The minimum absolute atomic E-state index is 0. The molecule has 0 amide bonds. The number of nitrogens with zero attached hydrogens (tertiary/aromatic N) is 3. The Hall–Kier alpha value is -3.85. The average Bonchev–Trinajstić information content (AvgIpc) is 3.59. The van der Waals surface area contributed by atoms with Crippen molar-refractivity contribution in [2.75, 3.05) is 6.61 Å². The number of rotatable bonds is 9. The molecule has 0 fully saturated rings. The molecule has 1 atom stereocenters. The van der Waals surface area contributed by atoms with E-state index in [1.165, 1.54) is 17.4 Å². The van der Waals surface area contributed by atoms with E-state index in [0.717, 1.165) is 33.7 Å². The van der Waals surface area contributed by atoms with Crippen LogP contribution >= 0.6 is 35.1 Å². The van der Waals surface area contributed by atoms with Crippen molar-refractivity contribution in [3.63, 3.8) is 0 Å². The van der Waals surface area contributed by atoms with Gasteiger partial charge in [-0.15, -0.1) is 23.7 Å². The summed E-state index contributed by atoms with van der Waals surface area (Å²) < 4.78 is 51.4. The molecule has 0 aliphatic rings. The van der Waals surface area contributed by atoms with Gasteiger partial charge in [0.1, 0.15) is 16.8 Å². The fourth-order valence-corrected chi connectivity index (χ4v) is 6.00. The smallest absolute Gasteiger partial charge is 0.416 e. The number of carbonyl (C=O) groups is 2. The number of ether oxygens (including phenoxy) is 2. The van der Waals surface area contributed by atoms with Crippen molar-refractivity contribution in [2.45, 2.75) is 38.5 Å². The second-order valence-electron chi connectivity index (χ2n) is 9.25. The highest BCUT2D eigenvalue weighted by Gasteiger charge is 2.31. The van der Waals surface area contributed by atoms with E-state index in [9.17, 15) is 27.6 Å². The van der Waals surface area contributed by atoms with Crippen LogP contribution in [0.5, 0.6) is 5.75 Å². The minimum Gasteiger partial charge on any atom is -0.465 e. The SMILES string of the molecule is CCOC(=O)C(N)Cc1ccc(OC(=O)Cc2nn(Cc3nc4cc(C(F)(F)F)ccc4s3)c(=O)c3cscc23)cc1.Cl. The Bertz CT molecular complexity index is 1840. The summed E-state index contributed by atoms with van der Waals surface area (Å²) in [7, 11) is 0. The van der Waals surface area contributed by atoms with Crippen LogP contribution in [0.4, 0.5) is 13.2 Å². The fourth-order valence-electron chi connectivity index (χ4n) is 4.24. The van der Waals surface area contributed by atoms with E-state index in [0.29, 0.717) is 26.2 Å². The van der Waals surface area contributed by atoms with Crippen LogP contribution in [0.25, 0.3) is 21.0 Å². The summed E-state index contributed by atoms with van der Waals surface area (Å²) in [6, 6.07) is 9.03. The van der Waals surface area contributed by atoms with Gasteiger partial charge in [0.2, 0.25) is 0 Å². The lowest BCUT2D eigenvalue weighted by atomic mass is 10.1. The number of hydrogen-bond donors (Lipinski definition) is 1. The number of aromatic nitrogens is 3. The van der Waals surface area contributed by atoms with Gasteiger partial charge >= 0.3 is 18.1 Å². The van der Waals surface area contributed by atoms with Crippen molar-refractivity contribution in [1.29, 1.82) is 0 Å². The van der Waals surface area contributed by atoms with Gasteiger partial charge in [-0.1, -0.05) is 12.1 Å². The summed E-state index contributed by atoms with van der Waals surface area (Å²) in [6.45, 7) is 1.85. The van der Waals surface area contributed by atoms with Gasteiger partial charge in [-0.3, -0.25) is 14.4 Å². The Morgan fingerprint density at radius 1 is 1.09 bits per heavy atom. The number of hydrogen-bond acceptors (Lipinski definition) is 10. The first kappa shape index (κ1) is 32.1. The molecule has 0 aliphatic heterocycles. The average molecular weight is 653 g/mol. The lowest BCUT2D eigenvalue weighted by molar-refractivity contribution is -0.144. The molecule has 2 N–H and O–H groups in total. The zero-order valence-corrected chi connectivity index (χ0v) is 24.9. The molecule has 0 spiro atoms.